The number of rotatable bonds is 3. The average Bonchev–Trinajstić information content (AvgIpc) is 3.03. The Hall–Kier alpha value is -1.93. The highest BCUT2D eigenvalue weighted by Crippen LogP contribution is 2.33. The van der Waals surface area contributed by atoms with E-state index >= 15 is 0 Å². The molecule has 1 aromatic carbocycles. The summed E-state index contributed by atoms with van der Waals surface area (Å²) in [7, 11) is 0. The third kappa shape index (κ3) is 4.38. The summed E-state index contributed by atoms with van der Waals surface area (Å²) in [6, 6.07) is 5.31. The lowest BCUT2D eigenvalue weighted by Crippen LogP contribution is -2.40. The van der Waals surface area contributed by atoms with Gasteiger partial charge < -0.3 is 10.6 Å². The molecule has 0 bridgehead atoms. The molecule has 0 radical (unpaired) electrons. The van der Waals surface area contributed by atoms with Crippen molar-refractivity contribution in [3.8, 4) is 11.3 Å². The molecule has 4 nitrogen and oxygen atoms in total. The number of benzene rings is 1. The van der Waals surface area contributed by atoms with Crippen molar-refractivity contribution in [1.29, 1.82) is 0 Å². The fourth-order valence-corrected chi connectivity index (χ4v) is 3.62. The van der Waals surface area contributed by atoms with Crippen LogP contribution in [0.25, 0.3) is 11.3 Å². The quantitative estimate of drug-likeness (QED) is 0.854. The summed E-state index contributed by atoms with van der Waals surface area (Å²) < 4.78 is 38.5. The lowest BCUT2D eigenvalue weighted by Gasteiger charge is -2.26. The predicted molar refractivity (Wildman–Crippen MR) is 91.4 cm³/mol. The maximum Gasteiger partial charge on any atom is 0.416 e. The zero-order valence-corrected chi connectivity index (χ0v) is 14.4. The predicted octanol–water partition coefficient (Wildman–Crippen LogP) is 4.16. The molecule has 134 valence electrons. The molecule has 1 saturated heterocycles. The minimum atomic E-state index is -4.39. The SMILES string of the molecule is C[C@H]1C[C@@H](C(=O)Nc2nc(-c3cccc(C(F)(F)F)c3)cs2)CCN1. The van der Waals surface area contributed by atoms with E-state index in [4.69, 9.17) is 0 Å². The highest BCUT2D eigenvalue weighted by molar-refractivity contribution is 7.14. The van der Waals surface area contributed by atoms with Crippen LogP contribution in [0.15, 0.2) is 29.6 Å². The Labute approximate surface area is 147 Å². The minimum Gasteiger partial charge on any atom is -0.314 e. The first kappa shape index (κ1) is 17.9. The van der Waals surface area contributed by atoms with Crippen molar-refractivity contribution in [3.63, 3.8) is 0 Å². The van der Waals surface area contributed by atoms with Crippen LogP contribution in [0.1, 0.15) is 25.3 Å². The topological polar surface area (TPSA) is 54.0 Å². The van der Waals surface area contributed by atoms with Crippen LogP contribution < -0.4 is 10.6 Å². The molecule has 2 N–H and O–H groups in total. The number of hydrogen-bond donors (Lipinski definition) is 2. The molecule has 0 spiro atoms. The summed E-state index contributed by atoms with van der Waals surface area (Å²) in [5, 5.41) is 8.13. The van der Waals surface area contributed by atoms with Crippen molar-refractivity contribution in [2.24, 2.45) is 5.92 Å². The van der Waals surface area contributed by atoms with Crippen LogP contribution in [-0.4, -0.2) is 23.5 Å². The number of nitrogens with zero attached hydrogens (tertiary/aromatic N) is 1. The molecule has 1 aliphatic heterocycles. The van der Waals surface area contributed by atoms with E-state index in [0.717, 1.165) is 31.5 Å². The van der Waals surface area contributed by atoms with E-state index in [1.165, 1.54) is 17.4 Å². The van der Waals surface area contributed by atoms with Crippen molar-refractivity contribution in [3.05, 3.63) is 35.2 Å². The van der Waals surface area contributed by atoms with Crippen LogP contribution in [-0.2, 0) is 11.0 Å². The van der Waals surface area contributed by atoms with E-state index in [9.17, 15) is 18.0 Å². The molecule has 1 fully saturated rings. The minimum absolute atomic E-state index is 0.0721. The van der Waals surface area contributed by atoms with E-state index in [1.54, 1.807) is 11.4 Å². The van der Waals surface area contributed by atoms with Crippen molar-refractivity contribution in [1.82, 2.24) is 10.3 Å². The maximum atomic E-state index is 12.8. The van der Waals surface area contributed by atoms with Crippen LogP contribution in [0, 0.1) is 5.92 Å². The molecular formula is C17H18F3N3OS. The van der Waals surface area contributed by atoms with Crippen LogP contribution in [0.5, 0.6) is 0 Å². The Kier molecular flexibility index (Phi) is 5.10. The molecule has 1 aromatic heterocycles. The fourth-order valence-electron chi connectivity index (χ4n) is 2.90. The van der Waals surface area contributed by atoms with Crippen LogP contribution in [0.2, 0.25) is 0 Å². The Morgan fingerprint density at radius 2 is 2.20 bits per heavy atom. The lowest BCUT2D eigenvalue weighted by molar-refractivity contribution is -0.137. The molecule has 0 saturated carbocycles. The number of anilines is 1. The molecule has 0 unspecified atom stereocenters. The second-order valence-electron chi connectivity index (χ2n) is 6.18. The highest BCUT2D eigenvalue weighted by Gasteiger charge is 2.30. The number of thiazole rings is 1. The first-order valence-electron chi connectivity index (χ1n) is 8.00. The van der Waals surface area contributed by atoms with Gasteiger partial charge in [-0.05, 0) is 38.4 Å². The molecule has 3 rings (SSSR count). The molecule has 0 aliphatic carbocycles. The van der Waals surface area contributed by atoms with Crippen molar-refractivity contribution >= 4 is 22.4 Å². The van der Waals surface area contributed by atoms with Crippen LogP contribution in [0.3, 0.4) is 0 Å². The standard InChI is InChI=1S/C17H18F3N3OS/c1-10-7-12(5-6-21-10)15(24)23-16-22-14(9-25-16)11-3-2-4-13(8-11)17(18,19)20/h2-4,8-10,12,21H,5-7H2,1H3,(H,22,23,24)/t10-,12-/m0/s1. The van der Waals surface area contributed by atoms with Gasteiger partial charge in [0.2, 0.25) is 5.91 Å². The average molecular weight is 369 g/mol. The van der Waals surface area contributed by atoms with Gasteiger partial charge in [-0.3, -0.25) is 4.79 Å². The van der Waals surface area contributed by atoms with E-state index in [1.807, 2.05) is 6.92 Å². The third-order valence-corrected chi connectivity index (χ3v) is 4.97. The number of carbonyl (C=O) groups excluding carboxylic acids is 1. The Morgan fingerprint density at radius 1 is 1.40 bits per heavy atom. The molecule has 2 aromatic rings. The number of carbonyl (C=O) groups is 1. The summed E-state index contributed by atoms with van der Waals surface area (Å²) in [4.78, 5) is 16.6. The molecule has 2 heterocycles. The number of alkyl halides is 3. The second-order valence-corrected chi connectivity index (χ2v) is 7.04. The number of halogens is 3. The molecular weight excluding hydrogens is 351 g/mol. The monoisotopic (exact) mass is 369 g/mol. The number of nitrogens with one attached hydrogen (secondary N) is 2. The number of hydrogen-bond acceptors (Lipinski definition) is 4. The smallest absolute Gasteiger partial charge is 0.314 e. The molecule has 25 heavy (non-hydrogen) atoms. The normalized spacial score (nSPS) is 21.1. The van der Waals surface area contributed by atoms with Crippen molar-refractivity contribution in [2.75, 3.05) is 11.9 Å². The molecule has 8 heteroatoms. The first-order valence-corrected chi connectivity index (χ1v) is 8.88. The zero-order valence-electron chi connectivity index (χ0n) is 13.6. The van der Waals surface area contributed by atoms with E-state index in [-0.39, 0.29) is 11.8 Å². The number of amides is 1. The molecule has 2 atom stereocenters. The molecule has 1 amide bonds. The van der Waals surface area contributed by atoms with Gasteiger partial charge in [0.05, 0.1) is 11.3 Å². The third-order valence-electron chi connectivity index (χ3n) is 4.21. The Morgan fingerprint density at radius 3 is 2.92 bits per heavy atom. The molecule has 1 aliphatic rings. The second kappa shape index (κ2) is 7.13. The van der Waals surface area contributed by atoms with Gasteiger partial charge in [-0.1, -0.05) is 12.1 Å². The van der Waals surface area contributed by atoms with Gasteiger partial charge >= 0.3 is 6.18 Å². The van der Waals surface area contributed by atoms with Gasteiger partial charge in [-0.2, -0.15) is 13.2 Å². The summed E-state index contributed by atoms with van der Waals surface area (Å²) in [5.74, 6) is -0.157. The Balaban J connectivity index is 1.71. The lowest BCUT2D eigenvalue weighted by atomic mass is 9.92. The largest absolute Gasteiger partial charge is 0.416 e. The number of piperidine rings is 1. The summed E-state index contributed by atoms with van der Waals surface area (Å²) in [5.41, 5.74) is 0.0828. The zero-order chi connectivity index (χ0) is 18.0. The summed E-state index contributed by atoms with van der Waals surface area (Å²) in [6.45, 7) is 2.83. The first-order chi connectivity index (χ1) is 11.8. The maximum absolute atomic E-state index is 12.8. The summed E-state index contributed by atoms with van der Waals surface area (Å²) in [6.07, 6.45) is -2.87. The van der Waals surface area contributed by atoms with E-state index < -0.39 is 11.7 Å². The van der Waals surface area contributed by atoms with Gasteiger partial charge in [0.15, 0.2) is 5.13 Å². The van der Waals surface area contributed by atoms with Gasteiger partial charge in [-0.15, -0.1) is 11.3 Å². The van der Waals surface area contributed by atoms with Gasteiger partial charge in [0.1, 0.15) is 0 Å². The number of aromatic nitrogens is 1. The highest BCUT2D eigenvalue weighted by atomic mass is 32.1. The van der Waals surface area contributed by atoms with Crippen LogP contribution >= 0.6 is 11.3 Å². The van der Waals surface area contributed by atoms with Crippen molar-refractivity contribution in [2.45, 2.75) is 32.0 Å². The van der Waals surface area contributed by atoms with Crippen molar-refractivity contribution < 1.29 is 18.0 Å². The van der Waals surface area contributed by atoms with Gasteiger partial charge in [-0.25, -0.2) is 4.98 Å². The summed E-state index contributed by atoms with van der Waals surface area (Å²) >= 11 is 1.21. The fraction of sp³-hybridized carbons (Fsp3) is 0.412. The van der Waals surface area contributed by atoms with E-state index in [2.05, 4.69) is 15.6 Å². The van der Waals surface area contributed by atoms with E-state index in [0.29, 0.717) is 22.4 Å². The van der Waals surface area contributed by atoms with Gasteiger partial charge in [0.25, 0.3) is 0 Å². The van der Waals surface area contributed by atoms with Crippen LogP contribution in [0.4, 0.5) is 18.3 Å². The van der Waals surface area contributed by atoms with Gasteiger partial charge in [0, 0.05) is 22.9 Å². The Bertz CT molecular complexity index is 760.